The first-order chi connectivity index (χ1) is 9.78. The highest BCUT2D eigenvalue weighted by Gasteiger charge is 2.10. The van der Waals surface area contributed by atoms with Crippen LogP contribution in [0.1, 0.15) is 5.69 Å². The van der Waals surface area contributed by atoms with Gasteiger partial charge in [0.1, 0.15) is 11.0 Å². The van der Waals surface area contributed by atoms with E-state index in [1.807, 2.05) is 13.0 Å². The van der Waals surface area contributed by atoms with Crippen molar-refractivity contribution in [2.45, 2.75) is 6.92 Å². The fourth-order valence-electron chi connectivity index (χ4n) is 1.91. The third kappa shape index (κ3) is 1.76. The largest absolute Gasteiger partial charge is 0.423 e. The van der Waals surface area contributed by atoms with Crippen LogP contribution in [0.5, 0.6) is 0 Å². The minimum Gasteiger partial charge on any atom is -0.423 e. The van der Waals surface area contributed by atoms with Crippen molar-refractivity contribution in [2.75, 3.05) is 5.32 Å². The zero-order valence-corrected chi connectivity index (χ0v) is 10.5. The van der Waals surface area contributed by atoms with Crippen molar-refractivity contribution in [1.82, 2.24) is 19.9 Å². The smallest absolute Gasteiger partial charge is 0.303 e. The molecule has 0 aliphatic heterocycles. The van der Waals surface area contributed by atoms with Crippen molar-refractivity contribution in [3.8, 4) is 0 Å². The minimum absolute atomic E-state index is 0.309. The van der Waals surface area contributed by atoms with Crippen LogP contribution >= 0.6 is 0 Å². The number of rotatable bonds is 2. The molecular formula is C13H9N5O2. The molecule has 0 saturated carbocycles. The summed E-state index contributed by atoms with van der Waals surface area (Å²) in [5.41, 5.74) is 3.53. The molecule has 98 valence electrons. The molecule has 7 nitrogen and oxygen atoms in total. The van der Waals surface area contributed by atoms with Crippen molar-refractivity contribution in [3.63, 3.8) is 0 Å². The predicted octanol–water partition coefficient (Wildman–Crippen LogP) is 2.81. The highest BCUT2D eigenvalue weighted by atomic mass is 16.4. The predicted molar refractivity (Wildman–Crippen MR) is 71.6 cm³/mol. The molecule has 4 aromatic heterocycles. The summed E-state index contributed by atoms with van der Waals surface area (Å²) in [4.78, 5) is 16.6. The fraction of sp³-hybridized carbons (Fsp3) is 0.0769. The average molecular weight is 267 g/mol. The second-order valence-corrected chi connectivity index (χ2v) is 4.30. The van der Waals surface area contributed by atoms with E-state index in [-0.39, 0.29) is 0 Å². The van der Waals surface area contributed by atoms with E-state index < -0.39 is 0 Å². The van der Waals surface area contributed by atoms with Gasteiger partial charge in [0.25, 0.3) is 0 Å². The molecule has 0 radical (unpaired) electrons. The van der Waals surface area contributed by atoms with Gasteiger partial charge in [-0.2, -0.15) is 9.97 Å². The Morgan fingerprint density at radius 1 is 1.00 bits per heavy atom. The zero-order valence-electron chi connectivity index (χ0n) is 10.5. The first kappa shape index (κ1) is 10.9. The van der Waals surface area contributed by atoms with Crippen LogP contribution in [0.25, 0.3) is 22.2 Å². The van der Waals surface area contributed by atoms with E-state index in [0.717, 1.165) is 5.69 Å². The van der Waals surface area contributed by atoms with Gasteiger partial charge < -0.3 is 8.83 Å². The number of hydrogen-bond donors (Lipinski definition) is 1. The first-order valence-electron chi connectivity index (χ1n) is 5.99. The van der Waals surface area contributed by atoms with Gasteiger partial charge in [-0.15, -0.1) is 0 Å². The van der Waals surface area contributed by atoms with Gasteiger partial charge in [0.05, 0.1) is 12.4 Å². The number of nitrogens with zero attached hydrogens (tertiary/aromatic N) is 4. The van der Waals surface area contributed by atoms with E-state index in [1.165, 1.54) is 0 Å². The summed E-state index contributed by atoms with van der Waals surface area (Å²) < 4.78 is 11.1. The van der Waals surface area contributed by atoms with Crippen molar-refractivity contribution in [1.29, 1.82) is 0 Å². The SMILES string of the molecule is Cc1cc2oc(Nc3nc4cnccc4o3)nc2cn1. The number of pyridine rings is 2. The molecule has 0 atom stereocenters. The molecule has 7 heteroatoms. The lowest BCUT2D eigenvalue weighted by Gasteiger charge is -1.92. The van der Waals surface area contributed by atoms with Crippen molar-refractivity contribution in [3.05, 3.63) is 36.4 Å². The molecule has 0 spiro atoms. The van der Waals surface area contributed by atoms with Crippen LogP contribution in [-0.2, 0) is 0 Å². The van der Waals surface area contributed by atoms with Gasteiger partial charge in [0.2, 0.25) is 0 Å². The summed E-state index contributed by atoms with van der Waals surface area (Å²) in [7, 11) is 0. The Labute approximate surface area is 112 Å². The fourth-order valence-corrected chi connectivity index (χ4v) is 1.91. The lowest BCUT2D eigenvalue weighted by Crippen LogP contribution is -1.89. The second-order valence-electron chi connectivity index (χ2n) is 4.30. The molecule has 0 aromatic carbocycles. The molecule has 4 rings (SSSR count). The van der Waals surface area contributed by atoms with Crippen molar-refractivity contribution in [2.24, 2.45) is 0 Å². The third-order valence-corrected chi connectivity index (χ3v) is 2.82. The number of anilines is 2. The summed E-state index contributed by atoms with van der Waals surface area (Å²) in [5, 5.41) is 2.89. The molecule has 0 bridgehead atoms. The Morgan fingerprint density at radius 2 is 1.75 bits per heavy atom. The van der Waals surface area contributed by atoms with E-state index in [0.29, 0.717) is 34.2 Å². The molecule has 0 aliphatic carbocycles. The third-order valence-electron chi connectivity index (χ3n) is 2.82. The highest BCUT2D eigenvalue weighted by molar-refractivity contribution is 5.76. The van der Waals surface area contributed by atoms with E-state index in [1.54, 1.807) is 24.7 Å². The zero-order chi connectivity index (χ0) is 13.5. The van der Waals surface area contributed by atoms with Crippen LogP contribution in [0, 0.1) is 6.92 Å². The highest BCUT2D eigenvalue weighted by Crippen LogP contribution is 2.23. The van der Waals surface area contributed by atoms with Gasteiger partial charge in [0, 0.05) is 24.0 Å². The van der Waals surface area contributed by atoms with Gasteiger partial charge >= 0.3 is 12.0 Å². The lowest BCUT2D eigenvalue weighted by molar-refractivity contribution is 0.591. The Kier molecular flexibility index (Phi) is 2.19. The maximum Gasteiger partial charge on any atom is 0.303 e. The Hall–Kier alpha value is -2.96. The number of aromatic nitrogens is 4. The first-order valence-corrected chi connectivity index (χ1v) is 5.99. The van der Waals surface area contributed by atoms with Crippen LogP contribution in [-0.4, -0.2) is 19.9 Å². The Balaban J connectivity index is 1.72. The van der Waals surface area contributed by atoms with Crippen molar-refractivity contribution < 1.29 is 8.83 Å². The van der Waals surface area contributed by atoms with E-state index in [2.05, 4.69) is 25.3 Å². The molecule has 0 fully saturated rings. The van der Waals surface area contributed by atoms with Crippen LogP contribution < -0.4 is 5.32 Å². The lowest BCUT2D eigenvalue weighted by atomic mass is 10.3. The minimum atomic E-state index is 0.309. The molecule has 1 N–H and O–H groups in total. The van der Waals surface area contributed by atoms with Gasteiger partial charge in [-0.3, -0.25) is 15.3 Å². The maximum absolute atomic E-state index is 5.57. The Bertz CT molecular complexity index is 878. The van der Waals surface area contributed by atoms with Gasteiger partial charge in [0.15, 0.2) is 11.2 Å². The molecule has 4 aromatic rings. The van der Waals surface area contributed by atoms with Crippen LogP contribution in [0.3, 0.4) is 0 Å². The molecule has 4 heterocycles. The molecule has 0 unspecified atom stereocenters. The monoisotopic (exact) mass is 267 g/mol. The second kappa shape index (κ2) is 4.02. The topological polar surface area (TPSA) is 89.9 Å². The standard InChI is InChI=1S/C13H9N5O2/c1-7-4-11-9(6-15-7)17-13(20-11)18-12-16-8-5-14-3-2-10(8)19-12/h2-6H,1H3,(H,16,17,18). The number of nitrogens with one attached hydrogen (secondary N) is 1. The molecule has 0 saturated heterocycles. The maximum atomic E-state index is 5.57. The van der Waals surface area contributed by atoms with Gasteiger partial charge in [-0.05, 0) is 6.92 Å². The summed E-state index contributed by atoms with van der Waals surface area (Å²) in [6.45, 7) is 1.89. The Morgan fingerprint density at radius 3 is 2.55 bits per heavy atom. The van der Waals surface area contributed by atoms with Crippen LogP contribution in [0.15, 0.2) is 39.6 Å². The quantitative estimate of drug-likeness (QED) is 0.597. The number of oxazole rings is 2. The van der Waals surface area contributed by atoms with E-state index in [9.17, 15) is 0 Å². The summed E-state index contributed by atoms with van der Waals surface area (Å²) in [6, 6.07) is 4.19. The van der Waals surface area contributed by atoms with E-state index >= 15 is 0 Å². The number of fused-ring (bicyclic) bond motifs is 2. The normalized spacial score (nSPS) is 11.2. The van der Waals surface area contributed by atoms with Crippen LogP contribution in [0.2, 0.25) is 0 Å². The van der Waals surface area contributed by atoms with Crippen molar-refractivity contribution >= 4 is 34.2 Å². The van der Waals surface area contributed by atoms with E-state index in [4.69, 9.17) is 8.83 Å². The summed E-state index contributed by atoms with van der Waals surface area (Å²) in [5.74, 6) is 0. The molecule has 20 heavy (non-hydrogen) atoms. The number of aryl methyl sites for hydroxylation is 1. The molecular weight excluding hydrogens is 258 g/mol. The van der Waals surface area contributed by atoms with Crippen LogP contribution in [0.4, 0.5) is 12.0 Å². The average Bonchev–Trinajstić information content (AvgIpc) is 3.00. The molecule has 0 aliphatic rings. The summed E-state index contributed by atoms with van der Waals surface area (Å²) in [6.07, 6.45) is 4.93. The summed E-state index contributed by atoms with van der Waals surface area (Å²) >= 11 is 0. The van der Waals surface area contributed by atoms with Gasteiger partial charge in [-0.25, -0.2) is 0 Å². The molecule has 0 amide bonds. The number of hydrogen-bond acceptors (Lipinski definition) is 7. The van der Waals surface area contributed by atoms with Gasteiger partial charge in [-0.1, -0.05) is 0 Å².